The molecule has 0 bridgehead atoms. The maximum absolute atomic E-state index is 12.1. The molecule has 2 aromatic carbocycles. The molecule has 0 aliphatic heterocycles. The van der Waals surface area contributed by atoms with Gasteiger partial charge in [0.1, 0.15) is 0 Å². The average Bonchev–Trinajstić information content (AvgIpc) is 2.37. The number of aryl methyl sites for hydroxylation is 1. The molecule has 0 aliphatic carbocycles. The van der Waals surface area contributed by atoms with E-state index < -0.39 is 10.0 Å². The Kier molecular flexibility index (Phi) is 4.46. The van der Waals surface area contributed by atoms with Crippen molar-refractivity contribution in [2.24, 2.45) is 5.14 Å². The quantitative estimate of drug-likeness (QED) is 0.872. The lowest BCUT2D eigenvalue weighted by atomic mass is 10.1. The maximum atomic E-state index is 12.1. The summed E-state index contributed by atoms with van der Waals surface area (Å²) >= 11 is 3.34. The third-order valence-corrected chi connectivity index (χ3v) is 4.13. The molecule has 2 aromatic rings. The lowest BCUT2D eigenvalue weighted by molar-refractivity contribution is 0.102. The first-order valence-electron chi connectivity index (χ1n) is 5.97. The highest BCUT2D eigenvalue weighted by Gasteiger charge is 2.10. The first kappa shape index (κ1) is 15.7. The Balaban J connectivity index is 2.20. The molecule has 21 heavy (non-hydrogen) atoms. The van der Waals surface area contributed by atoms with E-state index in [1.807, 2.05) is 13.0 Å². The standard InChI is InChI=1S/C14H13BrN2O3S/c1-9-6-10(8-11(15)7-9)14(18)17-12-2-4-13(5-3-12)21(16,19)20/h2-8H,1H3,(H,17,18)(H2,16,19,20). The molecule has 0 spiro atoms. The van der Waals surface area contributed by atoms with Crippen LogP contribution in [0, 0.1) is 6.92 Å². The minimum atomic E-state index is -3.73. The number of rotatable bonds is 3. The molecule has 2 rings (SSSR count). The minimum Gasteiger partial charge on any atom is -0.322 e. The van der Waals surface area contributed by atoms with Crippen LogP contribution >= 0.6 is 15.9 Å². The van der Waals surface area contributed by atoms with Crippen molar-refractivity contribution >= 4 is 37.5 Å². The maximum Gasteiger partial charge on any atom is 0.255 e. The number of primary sulfonamides is 1. The van der Waals surface area contributed by atoms with Crippen LogP contribution in [0.3, 0.4) is 0 Å². The second-order valence-electron chi connectivity index (χ2n) is 4.54. The Hall–Kier alpha value is -1.70. The van der Waals surface area contributed by atoms with E-state index in [0.29, 0.717) is 11.3 Å². The molecule has 5 nitrogen and oxygen atoms in total. The zero-order valence-electron chi connectivity index (χ0n) is 11.1. The van der Waals surface area contributed by atoms with E-state index in [9.17, 15) is 13.2 Å². The molecule has 110 valence electrons. The highest BCUT2D eigenvalue weighted by molar-refractivity contribution is 9.10. The first-order valence-corrected chi connectivity index (χ1v) is 8.31. The highest BCUT2D eigenvalue weighted by atomic mass is 79.9. The predicted molar refractivity (Wildman–Crippen MR) is 84.6 cm³/mol. The molecular formula is C14H13BrN2O3S. The van der Waals surface area contributed by atoms with Crippen LogP contribution in [0.15, 0.2) is 51.8 Å². The average molecular weight is 369 g/mol. The fourth-order valence-electron chi connectivity index (χ4n) is 1.80. The normalized spacial score (nSPS) is 11.2. The number of nitrogens with one attached hydrogen (secondary N) is 1. The van der Waals surface area contributed by atoms with Gasteiger partial charge in [-0.15, -0.1) is 0 Å². The summed E-state index contributed by atoms with van der Waals surface area (Å²) in [5, 5.41) is 7.71. The van der Waals surface area contributed by atoms with Crippen LogP contribution in [0.1, 0.15) is 15.9 Å². The van der Waals surface area contributed by atoms with Gasteiger partial charge in [-0.2, -0.15) is 0 Å². The molecule has 3 N–H and O–H groups in total. The minimum absolute atomic E-state index is 0.00111. The number of amides is 1. The fourth-order valence-corrected chi connectivity index (χ4v) is 2.92. The lowest BCUT2D eigenvalue weighted by Gasteiger charge is -2.07. The number of hydrogen-bond donors (Lipinski definition) is 2. The van der Waals surface area contributed by atoms with E-state index in [1.54, 1.807) is 12.1 Å². The second-order valence-corrected chi connectivity index (χ2v) is 7.02. The number of benzene rings is 2. The molecule has 0 aromatic heterocycles. The topological polar surface area (TPSA) is 89.3 Å². The van der Waals surface area contributed by atoms with E-state index in [-0.39, 0.29) is 10.8 Å². The van der Waals surface area contributed by atoms with Gasteiger partial charge in [0.2, 0.25) is 10.0 Å². The molecule has 0 saturated heterocycles. The van der Waals surface area contributed by atoms with Crippen LogP contribution in [0.5, 0.6) is 0 Å². The lowest BCUT2D eigenvalue weighted by Crippen LogP contribution is -2.14. The molecule has 0 saturated carbocycles. The van der Waals surface area contributed by atoms with E-state index in [1.165, 1.54) is 24.3 Å². The molecule has 0 heterocycles. The summed E-state index contributed by atoms with van der Waals surface area (Å²) in [5.74, 6) is -0.275. The zero-order valence-corrected chi connectivity index (χ0v) is 13.5. The molecule has 0 fully saturated rings. The SMILES string of the molecule is Cc1cc(Br)cc(C(=O)Nc2ccc(S(N)(=O)=O)cc2)c1. The summed E-state index contributed by atoms with van der Waals surface area (Å²) in [5.41, 5.74) is 1.96. The monoisotopic (exact) mass is 368 g/mol. The summed E-state index contributed by atoms with van der Waals surface area (Å²) in [6.45, 7) is 1.89. The van der Waals surface area contributed by atoms with Crippen molar-refractivity contribution in [1.29, 1.82) is 0 Å². The Morgan fingerprint density at radius 3 is 2.29 bits per heavy atom. The van der Waals surface area contributed by atoms with Gasteiger partial charge < -0.3 is 5.32 Å². The molecule has 7 heteroatoms. The van der Waals surface area contributed by atoms with Gasteiger partial charge in [0.05, 0.1) is 4.90 Å². The summed E-state index contributed by atoms with van der Waals surface area (Å²) in [4.78, 5) is 12.1. The van der Waals surface area contributed by atoms with Crippen LogP contribution in [0.4, 0.5) is 5.69 Å². The van der Waals surface area contributed by atoms with E-state index >= 15 is 0 Å². The molecule has 0 unspecified atom stereocenters. The van der Waals surface area contributed by atoms with Gasteiger partial charge in [-0.1, -0.05) is 15.9 Å². The summed E-state index contributed by atoms with van der Waals surface area (Å²) in [6, 6.07) is 11.0. The molecule has 0 aliphatic rings. The highest BCUT2D eigenvalue weighted by Crippen LogP contribution is 2.18. The number of anilines is 1. The first-order chi connectivity index (χ1) is 9.75. The zero-order chi connectivity index (χ0) is 15.6. The summed E-state index contributed by atoms with van der Waals surface area (Å²) in [6.07, 6.45) is 0. The van der Waals surface area contributed by atoms with Crippen LogP contribution in [0.25, 0.3) is 0 Å². The molecule has 0 radical (unpaired) electrons. The van der Waals surface area contributed by atoms with Crippen LogP contribution in [0.2, 0.25) is 0 Å². The van der Waals surface area contributed by atoms with Gasteiger partial charge in [-0.3, -0.25) is 4.79 Å². The van der Waals surface area contributed by atoms with Crippen molar-refractivity contribution in [3.8, 4) is 0 Å². The smallest absolute Gasteiger partial charge is 0.255 e. The van der Waals surface area contributed by atoms with Crippen molar-refractivity contribution in [2.45, 2.75) is 11.8 Å². The molecule has 1 amide bonds. The van der Waals surface area contributed by atoms with E-state index in [4.69, 9.17) is 5.14 Å². The Labute approximate surface area is 131 Å². The van der Waals surface area contributed by atoms with Crippen LogP contribution < -0.4 is 10.5 Å². The van der Waals surface area contributed by atoms with Crippen molar-refractivity contribution in [3.05, 3.63) is 58.1 Å². The van der Waals surface area contributed by atoms with Crippen molar-refractivity contribution in [3.63, 3.8) is 0 Å². The Morgan fingerprint density at radius 2 is 1.76 bits per heavy atom. The van der Waals surface area contributed by atoms with Gasteiger partial charge in [0.15, 0.2) is 0 Å². The number of carbonyl (C=O) groups excluding carboxylic acids is 1. The van der Waals surface area contributed by atoms with Gasteiger partial charge in [-0.25, -0.2) is 13.6 Å². The van der Waals surface area contributed by atoms with Crippen molar-refractivity contribution < 1.29 is 13.2 Å². The molecule has 0 atom stereocenters. The largest absolute Gasteiger partial charge is 0.322 e. The van der Waals surface area contributed by atoms with E-state index in [0.717, 1.165) is 10.0 Å². The van der Waals surface area contributed by atoms with Crippen LogP contribution in [-0.2, 0) is 10.0 Å². The summed E-state index contributed by atoms with van der Waals surface area (Å²) < 4.78 is 23.1. The Bertz CT molecular complexity index is 766. The fraction of sp³-hybridized carbons (Fsp3) is 0.0714. The molecular weight excluding hydrogens is 356 g/mol. The van der Waals surface area contributed by atoms with Crippen LogP contribution in [-0.4, -0.2) is 14.3 Å². The number of carbonyl (C=O) groups is 1. The van der Waals surface area contributed by atoms with Gasteiger partial charge in [-0.05, 0) is 55.0 Å². The number of hydrogen-bond acceptors (Lipinski definition) is 3. The van der Waals surface area contributed by atoms with Crippen molar-refractivity contribution in [2.75, 3.05) is 5.32 Å². The number of halogens is 1. The Morgan fingerprint density at radius 1 is 1.14 bits per heavy atom. The predicted octanol–water partition coefficient (Wildman–Crippen LogP) is 2.66. The van der Waals surface area contributed by atoms with Gasteiger partial charge >= 0.3 is 0 Å². The third kappa shape index (κ3) is 4.13. The van der Waals surface area contributed by atoms with E-state index in [2.05, 4.69) is 21.2 Å². The number of nitrogens with two attached hydrogens (primary N) is 1. The van der Waals surface area contributed by atoms with Gasteiger partial charge in [0.25, 0.3) is 5.91 Å². The summed E-state index contributed by atoms with van der Waals surface area (Å²) in [7, 11) is -3.73. The van der Waals surface area contributed by atoms with Gasteiger partial charge in [0, 0.05) is 15.7 Å². The third-order valence-electron chi connectivity index (χ3n) is 2.75. The van der Waals surface area contributed by atoms with Crippen molar-refractivity contribution in [1.82, 2.24) is 0 Å². The second kappa shape index (κ2) is 5.97. The number of sulfonamides is 1.